The molecule has 3 aromatic rings. The van der Waals surface area contributed by atoms with Gasteiger partial charge in [-0.2, -0.15) is 4.68 Å². The molecule has 7 nitrogen and oxygen atoms in total. The highest BCUT2D eigenvalue weighted by molar-refractivity contribution is 5.94. The van der Waals surface area contributed by atoms with Crippen molar-refractivity contribution in [3.05, 3.63) is 66.2 Å². The Morgan fingerprint density at radius 1 is 0.840 bits per heavy atom. The van der Waals surface area contributed by atoms with Gasteiger partial charge in [-0.05, 0) is 34.7 Å². The van der Waals surface area contributed by atoms with Crippen molar-refractivity contribution in [1.29, 1.82) is 0 Å². The molecule has 0 radical (unpaired) electrons. The molecule has 0 aliphatic carbocycles. The van der Waals surface area contributed by atoms with E-state index in [4.69, 9.17) is 0 Å². The first-order chi connectivity index (χ1) is 12.3. The first kappa shape index (κ1) is 15.3. The van der Waals surface area contributed by atoms with E-state index in [0.717, 1.165) is 11.3 Å². The second-order valence-corrected chi connectivity index (χ2v) is 5.87. The van der Waals surface area contributed by atoms with Crippen molar-refractivity contribution in [3.63, 3.8) is 0 Å². The standard InChI is InChI=1S/C18H18N6O/c25-17(15-7-3-1-4-8-15)22-11-13-23(14-12-22)18-19-20-21-24(18)16-9-5-2-6-10-16/h1-10H,11-14H2. The summed E-state index contributed by atoms with van der Waals surface area (Å²) in [5.74, 6) is 0.779. The van der Waals surface area contributed by atoms with Crippen molar-refractivity contribution in [2.45, 2.75) is 0 Å². The monoisotopic (exact) mass is 334 g/mol. The quantitative estimate of drug-likeness (QED) is 0.728. The van der Waals surface area contributed by atoms with E-state index in [1.54, 1.807) is 4.68 Å². The van der Waals surface area contributed by atoms with Crippen molar-refractivity contribution in [2.75, 3.05) is 31.1 Å². The van der Waals surface area contributed by atoms with Gasteiger partial charge in [-0.1, -0.05) is 41.5 Å². The number of nitrogens with zero attached hydrogens (tertiary/aromatic N) is 6. The summed E-state index contributed by atoms with van der Waals surface area (Å²) >= 11 is 0. The largest absolute Gasteiger partial charge is 0.336 e. The second-order valence-electron chi connectivity index (χ2n) is 5.87. The van der Waals surface area contributed by atoms with Gasteiger partial charge < -0.3 is 9.80 Å². The van der Waals surface area contributed by atoms with Crippen LogP contribution in [0.2, 0.25) is 0 Å². The minimum absolute atomic E-state index is 0.0721. The van der Waals surface area contributed by atoms with Crippen molar-refractivity contribution in [3.8, 4) is 5.69 Å². The summed E-state index contributed by atoms with van der Waals surface area (Å²) in [7, 11) is 0. The van der Waals surface area contributed by atoms with Crippen LogP contribution < -0.4 is 4.90 Å². The number of tetrazole rings is 1. The van der Waals surface area contributed by atoms with Crippen molar-refractivity contribution in [2.24, 2.45) is 0 Å². The number of aromatic nitrogens is 4. The van der Waals surface area contributed by atoms with Crippen LogP contribution in [0.3, 0.4) is 0 Å². The van der Waals surface area contributed by atoms with Crippen LogP contribution in [0.1, 0.15) is 10.4 Å². The molecule has 7 heteroatoms. The lowest BCUT2D eigenvalue weighted by molar-refractivity contribution is 0.0746. The lowest BCUT2D eigenvalue weighted by Crippen LogP contribution is -2.49. The first-order valence-electron chi connectivity index (χ1n) is 8.26. The van der Waals surface area contributed by atoms with Gasteiger partial charge in [0.25, 0.3) is 5.91 Å². The zero-order valence-corrected chi connectivity index (χ0v) is 13.7. The number of anilines is 1. The molecular weight excluding hydrogens is 316 g/mol. The smallest absolute Gasteiger partial charge is 0.253 e. The van der Waals surface area contributed by atoms with Crippen LogP contribution in [-0.2, 0) is 0 Å². The third-order valence-corrected chi connectivity index (χ3v) is 4.32. The summed E-state index contributed by atoms with van der Waals surface area (Å²) in [6.07, 6.45) is 0. The zero-order chi connectivity index (χ0) is 17.1. The Balaban J connectivity index is 1.47. The summed E-state index contributed by atoms with van der Waals surface area (Å²) in [6.45, 7) is 2.70. The number of hydrogen-bond donors (Lipinski definition) is 0. The summed E-state index contributed by atoms with van der Waals surface area (Å²) in [5.41, 5.74) is 1.65. The van der Waals surface area contributed by atoms with E-state index in [9.17, 15) is 4.79 Å². The molecule has 1 aliphatic rings. The van der Waals surface area contributed by atoms with Gasteiger partial charge >= 0.3 is 0 Å². The number of para-hydroxylation sites is 1. The summed E-state index contributed by atoms with van der Waals surface area (Å²) < 4.78 is 1.73. The Bertz CT molecular complexity index is 840. The fourth-order valence-electron chi connectivity index (χ4n) is 2.99. The molecule has 1 fully saturated rings. The highest BCUT2D eigenvalue weighted by Gasteiger charge is 2.25. The fraction of sp³-hybridized carbons (Fsp3) is 0.222. The molecule has 1 aromatic heterocycles. The molecular formula is C18H18N6O. The lowest BCUT2D eigenvalue weighted by atomic mass is 10.2. The Kier molecular flexibility index (Phi) is 4.12. The van der Waals surface area contributed by atoms with Crippen LogP contribution in [0.15, 0.2) is 60.7 Å². The Hall–Kier alpha value is -3.22. The molecule has 2 heterocycles. The predicted octanol–water partition coefficient (Wildman–Crippen LogP) is 1.62. The SMILES string of the molecule is O=C(c1ccccc1)N1CCN(c2nnnn2-c2ccccc2)CC1. The minimum Gasteiger partial charge on any atom is -0.336 e. The van der Waals surface area contributed by atoms with Gasteiger partial charge in [0.15, 0.2) is 0 Å². The molecule has 0 unspecified atom stereocenters. The Morgan fingerprint density at radius 3 is 2.16 bits per heavy atom. The van der Waals surface area contributed by atoms with E-state index < -0.39 is 0 Å². The molecule has 126 valence electrons. The van der Waals surface area contributed by atoms with Gasteiger partial charge in [-0.15, -0.1) is 0 Å². The van der Waals surface area contributed by atoms with Gasteiger partial charge in [-0.3, -0.25) is 4.79 Å². The van der Waals surface area contributed by atoms with E-state index >= 15 is 0 Å². The molecule has 0 bridgehead atoms. The fourth-order valence-corrected chi connectivity index (χ4v) is 2.99. The maximum atomic E-state index is 12.5. The third kappa shape index (κ3) is 3.08. The molecule has 0 N–H and O–H groups in total. The van der Waals surface area contributed by atoms with E-state index in [1.165, 1.54) is 0 Å². The van der Waals surface area contributed by atoms with E-state index in [0.29, 0.717) is 32.1 Å². The molecule has 0 spiro atoms. The number of hydrogen-bond acceptors (Lipinski definition) is 5. The van der Waals surface area contributed by atoms with Crippen molar-refractivity contribution in [1.82, 2.24) is 25.1 Å². The highest BCUT2D eigenvalue weighted by atomic mass is 16.2. The Labute approximate surface area is 145 Å². The van der Waals surface area contributed by atoms with Crippen LogP contribution in [0, 0.1) is 0 Å². The number of rotatable bonds is 3. The lowest BCUT2D eigenvalue weighted by Gasteiger charge is -2.34. The number of benzene rings is 2. The summed E-state index contributed by atoms with van der Waals surface area (Å²) in [4.78, 5) is 16.5. The number of piperazine rings is 1. The summed E-state index contributed by atoms with van der Waals surface area (Å²) in [6, 6.07) is 19.2. The van der Waals surface area contributed by atoms with Gasteiger partial charge in [0.1, 0.15) is 0 Å². The summed E-state index contributed by atoms with van der Waals surface area (Å²) in [5, 5.41) is 12.1. The predicted molar refractivity (Wildman–Crippen MR) is 93.7 cm³/mol. The molecule has 0 saturated carbocycles. The van der Waals surface area contributed by atoms with Gasteiger partial charge in [0.2, 0.25) is 5.95 Å². The second kappa shape index (κ2) is 6.72. The third-order valence-electron chi connectivity index (χ3n) is 4.32. The molecule has 4 rings (SSSR count). The van der Waals surface area contributed by atoms with Crippen molar-refractivity contribution < 1.29 is 4.79 Å². The van der Waals surface area contributed by atoms with Crippen LogP contribution in [0.25, 0.3) is 5.69 Å². The molecule has 2 aromatic carbocycles. The van der Waals surface area contributed by atoms with E-state index in [1.807, 2.05) is 65.6 Å². The van der Waals surface area contributed by atoms with Gasteiger partial charge in [0.05, 0.1) is 5.69 Å². The van der Waals surface area contributed by atoms with Crippen molar-refractivity contribution >= 4 is 11.9 Å². The van der Waals surface area contributed by atoms with Crippen LogP contribution in [0.5, 0.6) is 0 Å². The number of carbonyl (C=O) groups excluding carboxylic acids is 1. The van der Waals surface area contributed by atoms with Crippen LogP contribution in [0.4, 0.5) is 5.95 Å². The minimum atomic E-state index is 0.0721. The molecule has 25 heavy (non-hydrogen) atoms. The topological polar surface area (TPSA) is 67.2 Å². The maximum absolute atomic E-state index is 12.5. The Morgan fingerprint density at radius 2 is 1.48 bits per heavy atom. The van der Waals surface area contributed by atoms with Crippen LogP contribution in [-0.4, -0.2) is 57.2 Å². The molecule has 0 atom stereocenters. The zero-order valence-electron chi connectivity index (χ0n) is 13.7. The maximum Gasteiger partial charge on any atom is 0.253 e. The normalized spacial score (nSPS) is 14.6. The average molecular weight is 334 g/mol. The van der Waals surface area contributed by atoms with Gasteiger partial charge in [-0.25, -0.2) is 0 Å². The molecule has 1 amide bonds. The van der Waals surface area contributed by atoms with Gasteiger partial charge in [0, 0.05) is 31.7 Å². The van der Waals surface area contributed by atoms with E-state index in [2.05, 4.69) is 20.4 Å². The average Bonchev–Trinajstić information content (AvgIpc) is 3.19. The molecule has 1 saturated heterocycles. The molecule has 1 aliphatic heterocycles. The number of carbonyl (C=O) groups is 1. The van der Waals surface area contributed by atoms with E-state index in [-0.39, 0.29) is 5.91 Å². The highest BCUT2D eigenvalue weighted by Crippen LogP contribution is 2.17. The number of amides is 1. The first-order valence-corrected chi connectivity index (χ1v) is 8.26. The van der Waals surface area contributed by atoms with Crippen LogP contribution >= 0.6 is 0 Å².